The lowest BCUT2D eigenvalue weighted by molar-refractivity contribution is -0.143. The van der Waals surface area contributed by atoms with Crippen molar-refractivity contribution in [1.82, 2.24) is 10.2 Å². The predicted molar refractivity (Wildman–Crippen MR) is 166 cm³/mol. The Morgan fingerprint density at radius 2 is 1.70 bits per heavy atom. The molecule has 0 heterocycles. The lowest BCUT2D eigenvalue weighted by atomic mass is 9.96. The first kappa shape index (κ1) is 33.5. The maximum atomic E-state index is 14.4. The van der Waals surface area contributed by atoms with Crippen LogP contribution in [0.15, 0.2) is 36.4 Å². The number of ether oxygens (including phenoxy) is 1. The van der Waals surface area contributed by atoms with Crippen molar-refractivity contribution in [1.29, 1.82) is 0 Å². The van der Waals surface area contributed by atoms with Crippen molar-refractivity contribution >= 4 is 47.0 Å². The van der Waals surface area contributed by atoms with E-state index in [1.54, 1.807) is 43.5 Å². The normalized spacial score (nSPS) is 13.7. The molecule has 0 bridgehead atoms. The number of amides is 3. The summed E-state index contributed by atoms with van der Waals surface area (Å²) in [5.41, 5.74) is 3.24. The van der Waals surface area contributed by atoms with Crippen LogP contribution in [0.1, 0.15) is 75.8 Å². The van der Waals surface area contributed by atoms with Crippen LogP contribution in [-0.4, -0.2) is 52.5 Å². The largest absolute Gasteiger partial charge is 0.444 e. The molecule has 40 heavy (non-hydrogen) atoms. The predicted octanol–water partition coefficient (Wildman–Crippen LogP) is 7.22. The number of hydrogen-bond acceptors (Lipinski definition) is 5. The van der Waals surface area contributed by atoms with E-state index in [2.05, 4.69) is 10.6 Å². The summed E-state index contributed by atoms with van der Waals surface area (Å²) in [6.45, 7) is 15.0. The number of carbonyl (C=O) groups excluding carboxylic acids is 3. The molecule has 2 N–H and O–H groups in total. The molecular formula is C31H44ClN3O4S. The van der Waals surface area contributed by atoms with Gasteiger partial charge < -0.3 is 20.3 Å². The third-order valence-electron chi connectivity index (χ3n) is 6.48. The number of thioether (sulfide) groups is 1. The van der Waals surface area contributed by atoms with Gasteiger partial charge in [0.2, 0.25) is 5.91 Å². The molecule has 0 aromatic heterocycles. The molecule has 7 nitrogen and oxygen atoms in total. The molecule has 0 fully saturated rings. The number of rotatable bonds is 11. The Kier molecular flexibility index (Phi) is 12.4. The van der Waals surface area contributed by atoms with Gasteiger partial charge in [0.25, 0.3) is 5.91 Å². The number of halogens is 1. The summed E-state index contributed by atoms with van der Waals surface area (Å²) in [5.74, 6) is -0.0834. The fourth-order valence-electron chi connectivity index (χ4n) is 4.51. The Morgan fingerprint density at radius 1 is 1.07 bits per heavy atom. The van der Waals surface area contributed by atoms with E-state index in [9.17, 15) is 14.4 Å². The van der Waals surface area contributed by atoms with E-state index in [4.69, 9.17) is 16.3 Å². The Hall–Kier alpha value is -2.71. The maximum absolute atomic E-state index is 14.4. The van der Waals surface area contributed by atoms with E-state index in [0.717, 1.165) is 16.7 Å². The molecule has 0 spiro atoms. The van der Waals surface area contributed by atoms with Crippen LogP contribution in [-0.2, 0) is 14.3 Å². The molecule has 2 aromatic rings. The zero-order chi connectivity index (χ0) is 30.2. The summed E-state index contributed by atoms with van der Waals surface area (Å²) in [6, 6.07) is 9.14. The molecule has 2 rings (SSSR count). The summed E-state index contributed by atoms with van der Waals surface area (Å²) >= 11 is 8.04. The monoisotopic (exact) mass is 589 g/mol. The molecule has 0 aliphatic carbocycles. The quantitative estimate of drug-likeness (QED) is 0.289. The highest BCUT2D eigenvalue weighted by atomic mass is 35.5. The van der Waals surface area contributed by atoms with Gasteiger partial charge in [-0.05, 0) is 90.5 Å². The second-order valence-electron chi connectivity index (χ2n) is 11.2. The highest BCUT2D eigenvalue weighted by molar-refractivity contribution is 7.98. The van der Waals surface area contributed by atoms with Crippen molar-refractivity contribution in [2.75, 3.05) is 17.3 Å². The molecule has 2 aromatic carbocycles. The SMILES string of the molecule is CCC(C)N(C(=O)C(CCSC)NC(=O)OC(C)(C)C)C(C(=O)Nc1c(C)cccc1Cl)c1cc(C)cc(C)c1. The average Bonchev–Trinajstić information content (AvgIpc) is 2.84. The van der Waals surface area contributed by atoms with Gasteiger partial charge in [-0.2, -0.15) is 11.8 Å². The summed E-state index contributed by atoms with van der Waals surface area (Å²) in [6.07, 6.45) is 2.26. The van der Waals surface area contributed by atoms with Gasteiger partial charge in [0.1, 0.15) is 17.7 Å². The van der Waals surface area contributed by atoms with Crippen molar-refractivity contribution in [3.63, 3.8) is 0 Å². The van der Waals surface area contributed by atoms with E-state index < -0.39 is 23.8 Å². The Labute approximate surface area is 248 Å². The van der Waals surface area contributed by atoms with Crippen LogP contribution in [0, 0.1) is 20.8 Å². The molecule has 3 amide bonds. The van der Waals surface area contributed by atoms with E-state index in [1.807, 2.05) is 71.2 Å². The van der Waals surface area contributed by atoms with Crippen LogP contribution >= 0.6 is 23.4 Å². The van der Waals surface area contributed by atoms with Crippen molar-refractivity contribution in [3.05, 3.63) is 63.7 Å². The van der Waals surface area contributed by atoms with E-state index in [0.29, 0.717) is 34.9 Å². The molecule has 9 heteroatoms. The van der Waals surface area contributed by atoms with Crippen molar-refractivity contribution in [2.45, 2.75) is 92.0 Å². The van der Waals surface area contributed by atoms with Crippen molar-refractivity contribution < 1.29 is 19.1 Å². The van der Waals surface area contributed by atoms with Crippen LogP contribution in [0.25, 0.3) is 0 Å². The number of nitrogens with one attached hydrogen (secondary N) is 2. The highest BCUT2D eigenvalue weighted by Gasteiger charge is 2.39. The fraction of sp³-hybridized carbons (Fsp3) is 0.516. The lowest BCUT2D eigenvalue weighted by Crippen LogP contribution is -2.55. The van der Waals surface area contributed by atoms with Crippen molar-refractivity contribution in [2.24, 2.45) is 0 Å². The van der Waals surface area contributed by atoms with Crippen LogP contribution < -0.4 is 10.6 Å². The minimum Gasteiger partial charge on any atom is -0.444 e. The average molecular weight is 590 g/mol. The molecule has 0 saturated carbocycles. The summed E-state index contributed by atoms with van der Waals surface area (Å²) in [4.78, 5) is 42.9. The summed E-state index contributed by atoms with van der Waals surface area (Å²) < 4.78 is 5.47. The van der Waals surface area contributed by atoms with Gasteiger partial charge in [-0.25, -0.2) is 4.79 Å². The number of anilines is 1. The minimum atomic E-state index is -0.964. The molecule has 0 aliphatic rings. The van der Waals surface area contributed by atoms with E-state index in [1.165, 1.54) is 0 Å². The highest BCUT2D eigenvalue weighted by Crippen LogP contribution is 2.32. The Morgan fingerprint density at radius 3 is 2.23 bits per heavy atom. The molecule has 3 unspecified atom stereocenters. The summed E-state index contributed by atoms with van der Waals surface area (Å²) in [7, 11) is 0. The van der Waals surface area contributed by atoms with Gasteiger partial charge in [0, 0.05) is 6.04 Å². The standard InChI is InChI=1S/C31H44ClN3O4S/c1-10-22(5)35(29(37)25(14-15-40-9)33-30(38)39-31(6,7)8)27(23-17-19(2)16-20(3)18-23)28(36)34-26-21(4)12-11-13-24(26)32/h11-13,16-18,22,25,27H,10,14-15H2,1-9H3,(H,33,38)(H,34,36). The van der Waals surface area contributed by atoms with Gasteiger partial charge >= 0.3 is 6.09 Å². The number of alkyl carbamates (subject to hydrolysis) is 1. The number of hydrogen-bond donors (Lipinski definition) is 2. The first-order chi connectivity index (χ1) is 18.7. The topological polar surface area (TPSA) is 87.7 Å². The molecule has 3 atom stereocenters. The minimum absolute atomic E-state index is 0.311. The van der Waals surface area contributed by atoms with E-state index in [-0.39, 0.29) is 17.9 Å². The third kappa shape index (κ3) is 9.44. The fourth-order valence-corrected chi connectivity index (χ4v) is 5.25. The van der Waals surface area contributed by atoms with E-state index >= 15 is 0 Å². The zero-order valence-electron chi connectivity index (χ0n) is 25.2. The van der Waals surface area contributed by atoms with Crippen LogP contribution in [0.3, 0.4) is 0 Å². The Balaban J connectivity index is 2.64. The molecule has 220 valence electrons. The number of para-hydroxylation sites is 1. The maximum Gasteiger partial charge on any atom is 0.408 e. The molecular weight excluding hydrogens is 546 g/mol. The number of nitrogens with zero attached hydrogens (tertiary/aromatic N) is 1. The van der Waals surface area contributed by atoms with Crippen LogP contribution in [0.5, 0.6) is 0 Å². The smallest absolute Gasteiger partial charge is 0.408 e. The number of benzene rings is 2. The van der Waals surface area contributed by atoms with Gasteiger partial charge in [0.15, 0.2) is 0 Å². The van der Waals surface area contributed by atoms with Crippen LogP contribution in [0.2, 0.25) is 5.02 Å². The summed E-state index contributed by atoms with van der Waals surface area (Å²) in [5, 5.41) is 6.20. The molecule has 0 saturated heterocycles. The van der Waals surface area contributed by atoms with Gasteiger partial charge in [0.05, 0.1) is 10.7 Å². The van der Waals surface area contributed by atoms with Crippen LogP contribution in [0.4, 0.5) is 10.5 Å². The first-order valence-corrected chi connectivity index (χ1v) is 15.4. The molecule has 0 radical (unpaired) electrons. The third-order valence-corrected chi connectivity index (χ3v) is 7.44. The van der Waals surface area contributed by atoms with Gasteiger partial charge in [-0.1, -0.05) is 60.0 Å². The molecule has 0 aliphatic heterocycles. The lowest BCUT2D eigenvalue weighted by Gasteiger charge is -2.38. The first-order valence-electron chi connectivity index (χ1n) is 13.6. The number of carbonyl (C=O) groups is 3. The van der Waals surface area contributed by atoms with Crippen molar-refractivity contribution in [3.8, 4) is 0 Å². The second-order valence-corrected chi connectivity index (χ2v) is 12.6. The number of aryl methyl sites for hydroxylation is 3. The zero-order valence-corrected chi connectivity index (χ0v) is 26.8. The van der Waals surface area contributed by atoms with Gasteiger partial charge in [-0.3, -0.25) is 9.59 Å². The second kappa shape index (κ2) is 14.8. The van der Waals surface area contributed by atoms with Gasteiger partial charge in [-0.15, -0.1) is 0 Å². The Bertz CT molecular complexity index is 1160.